The number of thiophene rings is 1. The third kappa shape index (κ3) is 3.11. The van der Waals surface area contributed by atoms with E-state index in [0.717, 1.165) is 32.7 Å². The molecule has 3 heterocycles. The number of anilines is 1. The number of rotatable bonds is 4. The van der Waals surface area contributed by atoms with Crippen LogP contribution in [-0.2, 0) is 6.54 Å². The molecule has 0 atom stereocenters. The lowest BCUT2D eigenvalue weighted by Gasteiger charge is -2.07. The van der Waals surface area contributed by atoms with Crippen LogP contribution in [0.3, 0.4) is 0 Å². The van der Waals surface area contributed by atoms with Crippen LogP contribution in [0.1, 0.15) is 5.56 Å². The molecule has 0 unspecified atom stereocenters. The zero-order valence-corrected chi connectivity index (χ0v) is 15.2. The van der Waals surface area contributed by atoms with Gasteiger partial charge in [0.15, 0.2) is 11.5 Å². The molecule has 0 saturated carbocycles. The van der Waals surface area contributed by atoms with E-state index in [1.165, 1.54) is 29.8 Å². The van der Waals surface area contributed by atoms with Gasteiger partial charge in [0.1, 0.15) is 23.8 Å². The summed E-state index contributed by atoms with van der Waals surface area (Å²) in [6.45, 7) is 0.766. The number of nitrogens with zero attached hydrogens (tertiary/aromatic N) is 2. The van der Waals surface area contributed by atoms with E-state index in [4.69, 9.17) is 9.47 Å². The highest BCUT2D eigenvalue weighted by Crippen LogP contribution is 2.37. The number of nitrogens with one attached hydrogen (secondary N) is 1. The third-order valence-corrected chi connectivity index (χ3v) is 5.54. The van der Waals surface area contributed by atoms with Crippen molar-refractivity contribution in [3.63, 3.8) is 0 Å². The summed E-state index contributed by atoms with van der Waals surface area (Å²) in [6, 6.07) is 11.0. The Morgan fingerprint density at radius 2 is 1.79 bits per heavy atom. The Bertz CT molecular complexity index is 1180. The van der Waals surface area contributed by atoms with Crippen molar-refractivity contribution in [3.05, 3.63) is 66.0 Å². The summed E-state index contributed by atoms with van der Waals surface area (Å²) in [5.41, 5.74) is 2.20. The Hall–Kier alpha value is -3.26. The first-order valence-corrected chi connectivity index (χ1v) is 9.31. The third-order valence-electron chi connectivity index (χ3n) is 4.36. The van der Waals surface area contributed by atoms with E-state index in [1.54, 1.807) is 0 Å². The maximum Gasteiger partial charge on any atom is 0.231 e. The Labute approximate surface area is 162 Å². The second kappa shape index (κ2) is 6.72. The highest BCUT2D eigenvalue weighted by atomic mass is 32.1. The first-order valence-electron chi connectivity index (χ1n) is 8.49. The van der Waals surface area contributed by atoms with E-state index in [0.29, 0.717) is 23.4 Å². The summed E-state index contributed by atoms with van der Waals surface area (Å²) in [7, 11) is 0. The van der Waals surface area contributed by atoms with Crippen molar-refractivity contribution >= 4 is 27.4 Å². The molecule has 2 aromatic heterocycles. The highest BCUT2D eigenvalue weighted by Gasteiger charge is 2.14. The Morgan fingerprint density at radius 3 is 2.64 bits per heavy atom. The number of benzene rings is 2. The van der Waals surface area contributed by atoms with E-state index in [1.807, 2.05) is 24.3 Å². The van der Waals surface area contributed by atoms with Crippen LogP contribution in [-0.4, -0.2) is 16.8 Å². The van der Waals surface area contributed by atoms with Gasteiger partial charge in [0.05, 0.1) is 10.2 Å². The Balaban J connectivity index is 1.44. The lowest BCUT2D eigenvalue weighted by atomic mass is 10.2. The topological polar surface area (TPSA) is 56.3 Å². The second-order valence-corrected chi connectivity index (χ2v) is 7.30. The molecule has 0 spiro atoms. The predicted molar refractivity (Wildman–Crippen MR) is 103 cm³/mol. The summed E-state index contributed by atoms with van der Waals surface area (Å²) in [5, 5.41) is 3.30. The molecule has 0 aliphatic carbocycles. The van der Waals surface area contributed by atoms with Crippen LogP contribution < -0.4 is 14.8 Å². The first-order chi connectivity index (χ1) is 13.7. The maximum atomic E-state index is 13.6. The van der Waals surface area contributed by atoms with Crippen molar-refractivity contribution in [1.82, 2.24) is 9.97 Å². The highest BCUT2D eigenvalue weighted by molar-refractivity contribution is 7.22. The summed E-state index contributed by atoms with van der Waals surface area (Å²) >= 11 is 1.38. The summed E-state index contributed by atoms with van der Waals surface area (Å²) < 4.78 is 38.7. The van der Waals surface area contributed by atoms with Crippen LogP contribution in [0, 0.1) is 11.6 Å². The summed E-state index contributed by atoms with van der Waals surface area (Å²) in [4.78, 5) is 9.31. The SMILES string of the molecule is Fc1cc(F)cc(-c2cc3ncnc(NCc4ccc5c(c4)OCO5)c3s2)c1. The largest absolute Gasteiger partial charge is 0.454 e. The average molecular weight is 397 g/mol. The summed E-state index contributed by atoms with van der Waals surface area (Å²) in [5.74, 6) is 0.896. The number of halogens is 2. The van der Waals surface area contributed by atoms with E-state index in [2.05, 4.69) is 15.3 Å². The molecule has 0 amide bonds. The molecule has 1 aliphatic heterocycles. The lowest BCUT2D eigenvalue weighted by Crippen LogP contribution is -2.01. The van der Waals surface area contributed by atoms with Crippen LogP contribution in [0.5, 0.6) is 11.5 Å². The molecule has 0 saturated heterocycles. The van der Waals surface area contributed by atoms with Gasteiger partial charge in [-0.2, -0.15) is 0 Å². The molecule has 1 N–H and O–H groups in total. The molecule has 5 rings (SSSR count). The smallest absolute Gasteiger partial charge is 0.231 e. The quantitative estimate of drug-likeness (QED) is 0.527. The fraction of sp³-hybridized carbons (Fsp3) is 0.100. The van der Waals surface area contributed by atoms with Crippen molar-refractivity contribution in [2.24, 2.45) is 0 Å². The minimum atomic E-state index is -0.611. The molecule has 1 aliphatic rings. The van der Waals surface area contributed by atoms with E-state index >= 15 is 0 Å². The van der Waals surface area contributed by atoms with Crippen LogP contribution in [0.25, 0.3) is 20.7 Å². The van der Waals surface area contributed by atoms with Gasteiger partial charge in [-0.05, 0) is 41.5 Å². The number of fused-ring (bicyclic) bond motifs is 2. The van der Waals surface area contributed by atoms with Crippen molar-refractivity contribution in [2.45, 2.75) is 6.54 Å². The van der Waals surface area contributed by atoms with Gasteiger partial charge < -0.3 is 14.8 Å². The van der Waals surface area contributed by atoms with Crippen molar-refractivity contribution in [1.29, 1.82) is 0 Å². The fourth-order valence-electron chi connectivity index (χ4n) is 3.06. The van der Waals surface area contributed by atoms with Crippen molar-refractivity contribution < 1.29 is 18.3 Å². The molecule has 5 nitrogen and oxygen atoms in total. The zero-order chi connectivity index (χ0) is 19.1. The fourth-order valence-corrected chi connectivity index (χ4v) is 4.12. The molecular weight excluding hydrogens is 384 g/mol. The number of hydrogen-bond acceptors (Lipinski definition) is 6. The van der Waals surface area contributed by atoms with E-state index < -0.39 is 11.6 Å². The van der Waals surface area contributed by atoms with Gasteiger partial charge in [-0.1, -0.05) is 6.07 Å². The lowest BCUT2D eigenvalue weighted by molar-refractivity contribution is 0.174. The predicted octanol–water partition coefficient (Wildman–Crippen LogP) is 4.98. The van der Waals surface area contributed by atoms with E-state index in [-0.39, 0.29) is 6.79 Å². The van der Waals surface area contributed by atoms with Crippen LogP contribution >= 0.6 is 11.3 Å². The van der Waals surface area contributed by atoms with Crippen LogP contribution in [0.2, 0.25) is 0 Å². The molecule has 0 bridgehead atoms. The molecule has 0 fully saturated rings. The Kier molecular flexibility index (Phi) is 4.05. The van der Waals surface area contributed by atoms with Gasteiger partial charge >= 0.3 is 0 Å². The molecule has 8 heteroatoms. The minimum absolute atomic E-state index is 0.234. The minimum Gasteiger partial charge on any atom is -0.454 e. The maximum absolute atomic E-state index is 13.6. The second-order valence-electron chi connectivity index (χ2n) is 6.25. The normalized spacial score (nSPS) is 12.5. The van der Waals surface area contributed by atoms with Gasteiger partial charge in [-0.3, -0.25) is 0 Å². The van der Waals surface area contributed by atoms with E-state index in [9.17, 15) is 8.78 Å². The first kappa shape index (κ1) is 16.9. The Morgan fingerprint density at radius 1 is 0.964 bits per heavy atom. The van der Waals surface area contributed by atoms with Crippen LogP contribution in [0.4, 0.5) is 14.6 Å². The molecule has 2 aromatic carbocycles. The van der Waals surface area contributed by atoms with Crippen LogP contribution in [0.15, 0.2) is 48.8 Å². The van der Waals surface area contributed by atoms with Crippen molar-refractivity contribution in [2.75, 3.05) is 12.1 Å². The van der Waals surface area contributed by atoms with Crippen molar-refractivity contribution in [3.8, 4) is 21.9 Å². The average Bonchev–Trinajstić information content (AvgIpc) is 3.32. The molecule has 140 valence electrons. The number of ether oxygens (including phenoxy) is 2. The standard InChI is InChI=1S/C20H13F2N3O2S/c21-13-4-12(5-14(22)6-13)18-7-15-19(28-18)20(25-9-24-15)23-8-11-1-2-16-17(3-11)27-10-26-16/h1-7,9H,8,10H2,(H,23,24,25). The van der Waals surface area contributed by atoms with Gasteiger partial charge in [0.2, 0.25) is 6.79 Å². The number of hydrogen-bond donors (Lipinski definition) is 1. The molecule has 4 aromatic rings. The van der Waals surface area contributed by atoms with Gasteiger partial charge in [0.25, 0.3) is 0 Å². The number of aromatic nitrogens is 2. The zero-order valence-electron chi connectivity index (χ0n) is 14.4. The van der Waals surface area contributed by atoms with Gasteiger partial charge in [-0.25, -0.2) is 18.7 Å². The monoisotopic (exact) mass is 397 g/mol. The van der Waals surface area contributed by atoms with Gasteiger partial charge in [0, 0.05) is 17.5 Å². The van der Waals surface area contributed by atoms with Gasteiger partial charge in [-0.15, -0.1) is 11.3 Å². The molecule has 0 radical (unpaired) electrons. The molecule has 28 heavy (non-hydrogen) atoms. The summed E-state index contributed by atoms with van der Waals surface area (Å²) in [6.07, 6.45) is 1.47. The molecular formula is C20H13F2N3O2S.